The van der Waals surface area contributed by atoms with E-state index in [1.54, 1.807) is 6.92 Å². The van der Waals surface area contributed by atoms with E-state index in [9.17, 15) is 14.2 Å². The van der Waals surface area contributed by atoms with Crippen molar-refractivity contribution in [3.63, 3.8) is 0 Å². The zero-order valence-electron chi connectivity index (χ0n) is 10.5. The number of esters is 1. The Balaban J connectivity index is 4.80. The van der Waals surface area contributed by atoms with Gasteiger partial charge in [-0.2, -0.15) is 0 Å². The number of nitrogens with one attached hydrogen (secondary N) is 1. The van der Waals surface area contributed by atoms with E-state index in [1.165, 1.54) is 27.0 Å². The van der Waals surface area contributed by atoms with Crippen LogP contribution < -0.4 is 5.32 Å². The summed E-state index contributed by atoms with van der Waals surface area (Å²) in [7, 11) is -0.230. The van der Waals surface area contributed by atoms with Crippen LogP contribution in [0, 0.1) is 0 Å². The smallest absolute Gasteiger partial charge is 0.354 e. The van der Waals surface area contributed by atoms with Crippen molar-refractivity contribution in [2.24, 2.45) is 0 Å². The molecule has 0 aromatic heterocycles. The highest BCUT2D eigenvalue weighted by Gasteiger charge is 2.16. The molecule has 0 bridgehead atoms. The summed E-state index contributed by atoms with van der Waals surface area (Å²) < 4.78 is 20.9. The van der Waals surface area contributed by atoms with Gasteiger partial charge in [-0.25, -0.2) is 4.79 Å². The van der Waals surface area contributed by atoms with Crippen LogP contribution in [0.1, 0.15) is 13.3 Å². The molecule has 0 aliphatic rings. The van der Waals surface area contributed by atoms with Crippen LogP contribution in [0.4, 0.5) is 0 Å². The number of ether oxygens (including phenoxy) is 1. The van der Waals surface area contributed by atoms with Gasteiger partial charge in [-0.15, -0.1) is 0 Å². The van der Waals surface area contributed by atoms with Gasteiger partial charge in [-0.05, 0) is 6.08 Å². The molecule has 0 aliphatic heterocycles. The molecular weight excluding hydrogens is 245 g/mol. The summed E-state index contributed by atoms with van der Waals surface area (Å²) in [5.41, 5.74) is -0.0153. The van der Waals surface area contributed by atoms with Crippen LogP contribution in [0.3, 0.4) is 0 Å². The van der Waals surface area contributed by atoms with E-state index in [0.717, 1.165) is 0 Å². The molecule has 17 heavy (non-hydrogen) atoms. The monoisotopic (exact) mass is 263 g/mol. The Morgan fingerprint density at radius 1 is 1.35 bits per heavy atom. The third kappa shape index (κ3) is 6.24. The number of carbonyl (C=O) groups is 2. The molecule has 0 heterocycles. The summed E-state index contributed by atoms with van der Waals surface area (Å²) in [4.78, 5) is 22.5. The minimum atomic E-state index is -2.76. The van der Waals surface area contributed by atoms with Crippen molar-refractivity contribution < 1.29 is 23.4 Å². The van der Waals surface area contributed by atoms with Gasteiger partial charge in [-0.1, -0.05) is 6.92 Å². The zero-order valence-corrected chi connectivity index (χ0v) is 11.4. The molecule has 7 heteroatoms. The third-order valence-corrected chi connectivity index (χ3v) is 3.63. The van der Waals surface area contributed by atoms with E-state index in [-0.39, 0.29) is 24.2 Å². The summed E-state index contributed by atoms with van der Waals surface area (Å²) in [6.07, 6.45) is 1.64. The standard InChI is InChI=1S/C10H18NO5P/c1-5-9(12)11-8(10(13)15-2)6-7-17(4,14)16-3/h6H,5,7H2,1-4H3,(H,11,12)/b8-6-. The molecule has 98 valence electrons. The van der Waals surface area contributed by atoms with E-state index in [2.05, 4.69) is 10.1 Å². The summed E-state index contributed by atoms with van der Waals surface area (Å²) in [5.74, 6) is -0.993. The minimum Gasteiger partial charge on any atom is -0.464 e. The van der Waals surface area contributed by atoms with Crippen molar-refractivity contribution in [1.82, 2.24) is 5.32 Å². The average molecular weight is 263 g/mol. The van der Waals surface area contributed by atoms with Gasteiger partial charge in [0, 0.05) is 26.4 Å². The maximum absolute atomic E-state index is 11.6. The SMILES string of the molecule is CCC(=O)N/C(=C\CP(C)(=O)OC)C(=O)OC. The molecule has 0 saturated heterocycles. The Labute approximate surface area is 101 Å². The number of methoxy groups -OCH3 is 1. The molecule has 0 spiro atoms. The molecule has 0 rings (SSSR count). The van der Waals surface area contributed by atoms with Crippen molar-refractivity contribution in [2.75, 3.05) is 27.0 Å². The van der Waals surface area contributed by atoms with Crippen molar-refractivity contribution in [3.05, 3.63) is 11.8 Å². The Morgan fingerprint density at radius 3 is 2.35 bits per heavy atom. The van der Waals surface area contributed by atoms with Crippen LogP contribution in [-0.4, -0.2) is 38.9 Å². The predicted molar refractivity (Wildman–Crippen MR) is 63.9 cm³/mol. The molecule has 1 N–H and O–H groups in total. The van der Waals surface area contributed by atoms with Gasteiger partial charge < -0.3 is 14.6 Å². The van der Waals surface area contributed by atoms with Crippen LogP contribution in [0.25, 0.3) is 0 Å². The fraction of sp³-hybridized carbons (Fsp3) is 0.600. The normalized spacial score (nSPS) is 14.9. The van der Waals surface area contributed by atoms with Gasteiger partial charge in [0.25, 0.3) is 0 Å². The topological polar surface area (TPSA) is 81.7 Å². The fourth-order valence-electron chi connectivity index (χ4n) is 0.866. The van der Waals surface area contributed by atoms with E-state index >= 15 is 0 Å². The first-order chi connectivity index (χ1) is 7.86. The molecule has 0 aromatic rings. The molecular formula is C10H18NO5P. The van der Waals surface area contributed by atoms with Crippen LogP contribution in [-0.2, 0) is 23.4 Å². The summed E-state index contributed by atoms with van der Waals surface area (Å²) in [6, 6.07) is 0. The average Bonchev–Trinajstić information content (AvgIpc) is 2.33. The number of amides is 1. The predicted octanol–water partition coefficient (Wildman–Crippen LogP) is 1.12. The van der Waals surface area contributed by atoms with Crippen molar-refractivity contribution in [3.8, 4) is 0 Å². The molecule has 0 aliphatic carbocycles. The molecule has 1 amide bonds. The minimum absolute atomic E-state index is 0.0153. The van der Waals surface area contributed by atoms with Crippen LogP contribution in [0.15, 0.2) is 11.8 Å². The number of rotatable bonds is 6. The highest BCUT2D eigenvalue weighted by molar-refractivity contribution is 7.58. The van der Waals surface area contributed by atoms with Crippen LogP contribution in [0.5, 0.6) is 0 Å². The largest absolute Gasteiger partial charge is 0.464 e. The Bertz CT molecular complexity index is 364. The van der Waals surface area contributed by atoms with Gasteiger partial charge in [0.15, 0.2) is 0 Å². The number of hydrogen-bond donors (Lipinski definition) is 1. The second kappa shape index (κ2) is 7.25. The highest BCUT2D eigenvalue weighted by Crippen LogP contribution is 2.41. The van der Waals surface area contributed by atoms with Crippen molar-refractivity contribution in [2.45, 2.75) is 13.3 Å². The quantitative estimate of drug-likeness (QED) is 0.441. The Kier molecular flexibility index (Phi) is 6.76. The molecule has 1 unspecified atom stereocenters. The van der Waals surface area contributed by atoms with Crippen LogP contribution >= 0.6 is 7.37 Å². The van der Waals surface area contributed by atoms with Gasteiger partial charge in [-0.3, -0.25) is 9.36 Å². The summed E-state index contributed by atoms with van der Waals surface area (Å²) >= 11 is 0. The van der Waals surface area contributed by atoms with E-state index in [1.807, 2.05) is 0 Å². The zero-order chi connectivity index (χ0) is 13.5. The lowest BCUT2D eigenvalue weighted by molar-refractivity contribution is -0.137. The van der Waals surface area contributed by atoms with Gasteiger partial charge in [0.1, 0.15) is 5.70 Å². The van der Waals surface area contributed by atoms with Crippen molar-refractivity contribution >= 4 is 19.2 Å². The first kappa shape index (κ1) is 15.9. The first-order valence-corrected chi connectivity index (χ1v) is 7.32. The molecule has 6 nitrogen and oxygen atoms in total. The molecule has 1 atom stereocenters. The summed E-state index contributed by atoms with van der Waals surface area (Å²) in [5, 5.41) is 2.39. The van der Waals surface area contributed by atoms with E-state index in [4.69, 9.17) is 4.52 Å². The molecule has 0 fully saturated rings. The van der Waals surface area contributed by atoms with Gasteiger partial charge in [0.05, 0.1) is 7.11 Å². The Morgan fingerprint density at radius 2 is 1.94 bits per heavy atom. The molecule has 0 saturated carbocycles. The number of carbonyl (C=O) groups excluding carboxylic acids is 2. The van der Waals surface area contributed by atoms with E-state index in [0.29, 0.717) is 0 Å². The van der Waals surface area contributed by atoms with Gasteiger partial charge in [0.2, 0.25) is 13.3 Å². The maximum atomic E-state index is 11.6. The lowest BCUT2D eigenvalue weighted by Gasteiger charge is -2.10. The maximum Gasteiger partial charge on any atom is 0.354 e. The third-order valence-electron chi connectivity index (χ3n) is 2.01. The lowest BCUT2D eigenvalue weighted by atomic mass is 10.3. The Hall–Kier alpha value is -1.13. The second-order valence-corrected chi connectivity index (χ2v) is 6.15. The number of allylic oxidation sites excluding steroid dienone is 1. The second-order valence-electron chi connectivity index (χ2n) is 3.39. The molecule has 0 radical (unpaired) electrons. The molecule has 0 aromatic carbocycles. The van der Waals surface area contributed by atoms with Crippen LogP contribution in [0.2, 0.25) is 0 Å². The van der Waals surface area contributed by atoms with Crippen molar-refractivity contribution in [1.29, 1.82) is 0 Å². The van der Waals surface area contributed by atoms with E-state index < -0.39 is 13.3 Å². The number of hydrogen-bond acceptors (Lipinski definition) is 5. The lowest BCUT2D eigenvalue weighted by Crippen LogP contribution is -2.27. The summed E-state index contributed by atoms with van der Waals surface area (Å²) in [6.45, 7) is 3.10. The van der Waals surface area contributed by atoms with Gasteiger partial charge >= 0.3 is 5.97 Å². The first-order valence-electron chi connectivity index (χ1n) is 5.07. The highest BCUT2D eigenvalue weighted by atomic mass is 31.2. The fourth-order valence-corrected chi connectivity index (χ4v) is 1.53.